The van der Waals surface area contributed by atoms with Gasteiger partial charge in [-0.2, -0.15) is 0 Å². The second-order valence-corrected chi connectivity index (χ2v) is 8.14. The lowest BCUT2D eigenvalue weighted by Gasteiger charge is -2.34. The monoisotopic (exact) mass is 340 g/mol. The van der Waals surface area contributed by atoms with E-state index in [1.54, 1.807) is 24.3 Å². The highest BCUT2D eigenvalue weighted by Crippen LogP contribution is 2.27. The Morgan fingerprint density at radius 2 is 2.04 bits per heavy atom. The van der Waals surface area contributed by atoms with Gasteiger partial charge in [0.15, 0.2) is 0 Å². The third-order valence-corrected chi connectivity index (χ3v) is 5.53. The molecule has 0 aliphatic carbocycles. The van der Waals surface area contributed by atoms with Gasteiger partial charge in [0.25, 0.3) is 0 Å². The van der Waals surface area contributed by atoms with E-state index in [0.29, 0.717) is 17.7 Å². The van der Waals surface area contributed by atoms with Crippen LogP contribution in [0, 0.1) is 5.41 Å². The van der Waals surface area contributed by atoms with E-state index >= 15 is 0 Å². The topological polar surface area (TPSA) is 84.5 Å². The van der Waals surface area contributed by atoms with Crippen molar-refractivity contribution in [2.75, 3.05) is 26.7 Å². The van der Waals surface area contributed by atoms with Crippen LogP contribution in [0.4, 0.5) is 0 Å². The summed E-state index contributed by atoms with van der Waals surface area (Å²) in [6.07, 6.45) is 1.90. The van der Waals surface area contributed by atoms with Gasteiger partial charge in [0.05, 0.1) is 18.4 Å². The summed E-state index contributed by atoms with van der Waals surface area (Å²) in [5, 5.41) is 3.28. The minimum atomic E-state index is -3.44. The molecule has 2 rings (SSSR count). The van der Waals surface area contributed by atoms with E-state index in [9.17, 15) is 13.2 Å². The Labute approximate surface area is 137 Å². The van der Waals surface area contributed by atoms with Crippen molar-refractivity contribution in [2.24, 2.45) is 5.41 Å². The average Bonchev–Trinajstić information content (AvgIpc) is 2.53. The Hall–Kier alpha value is -1.44. The Balaban J connectivity index is 1.99. The van der Waals surface area contributed by atoms with Gasteiger partial charge < -0.3 is 10.1 Å². The molecule has 0 atom stereocenters. The normalized spacial score (nSPS) is 17.7. The van der Waals surface area contributed by atoms with E-state index < -0.39 is 16.0 Å². The maximum Gasteiger partial charge on any atom is 0.337 e. The summed E-state index contributed by atoms with van der Waals surface area (Å²) in [4.78, 5) is 11.5. The number of nitrogens with one attached hydrogen (secondary N) is 2. The van der Waals surface area contributed by atoms with Gasteiger partial charge in [-0.15, -0.1) is 0 Å². The zero-order valence-electron chi connectivity index (χ0n) is 13.6. The molecule has 0 saturated carbocycles. The Morgan fingerprint density at radius 3 is 2.70 bits per heavy atom. The third-order valence-electron chi connectivity index (χ3n) is 4.23. The molecule has 0 aromatic heterocycles. The molecule has 1 aliphatic rings. The molecule has 0 amide bonds. The van der Waals surface area contributed by atoms with Crippen molar-refractivity contribution < 1.29 is 17.9 Å². The lowest BCUT2D eigenvalue weighted by molar-refractivity contribution is 0.0600. The van der Waals surface area contributed by atoms with Crippen LogP contribution in [-0.4, -0.2) is 41.1 Å². The van der Waals surface area contributed by atoms with Gasteiger partial charge in [0.2, 0.25) is 10.0 Å². The van der Waals surface area contributed by atoms with E-state index in [1.807, 2.05) is 0 Å². The highest BCUT2D eigenvalue weighted by atomic mass is 32.2. The fourth-order valence-corrected chi connectivity index (χ4v) is 3.96. The van der Waals surface area contributed by atoms with E-state index in [1.165, 1.54) is 7.11 Å². The lowest BCUT2D eigenvalue weighted by atomic mass is 9.81. The van der Waals surface area contributed by atoms with Crippen LogP contribution >= 0.6 is 0 Å². The van der Waals surface area contributed by atoms with Gasteiger partial charge in [-0.1, -0.05) is 19.1 Å². The van der Waals surface area contributed by atoms with Crippen molar-refractivity contribution in [2.45, 2.75) is 25.5 Å². The predicted octanol–water partition coefficient (Wildman–Crippen LogP) is 1.28. The van der Waals surface area contributed by atoms with E-state index in [-0.39, 0.29) is 11.2 Å². The molecule has 128 valence electrons. The van der Waals surface area contributed by atoms with Crippen LogP contribution in [0.5, 0.6) is 0 Å². The van der Waals surface area contributed by atoms with Gasteiger partial charge in [-0.25, -0.2) is 17.9 Å². The second-order valence-electron chi connectivity index (χ2n) is 6.33. The van der Waals surface area contributed by atoms with Gasteiger partial charge in [-0.05, 0) is 49.0 Å². The number of hydrogen-bond acceptors (Lipinski definition) is 5. The van der Waals surface area contributed by atoms with Gasteiger partial charge in [0.1, 0.15) is 0 Å². The zero-order valence-corrected chi connectivity index (χ0v) is 14.4. The summed E-state index contributed by atoms with van der Waals surface area (Å²) < 4.78 is 31.9. The van der Waals surface area contributed by atoms with Crippen molar-refractivity contribution in [1.29, 1.82) is 0 Å². The van der Waals surface area contributed by atoms with Gasteiger partial charge in [-0.3, -0.25) is 0 Å². The summed E-state index contributed by atoms with van der Waals surface area (Å²) in [5.74, 6) is -0.619. The molecular weight excluding hydrogens is 316 g/mol. The molecule has 0 spiro atoms. The van der Waals surface area contributed by atoms with Crippen molar-refractivity contribution in [3.05, 3.63) is 35.4 Å². The van der Waals surface area contributed by atoms with E-state index in [4.69, 9.17) is 0 Å². The van der Waals surface area contributed by atoms with Crippen LogP contribution in [0.15, 0.2) is 24.3 Å². The third kappa shape index (κ3) is 5.30. The van der Waals surface area contributed by atoms with Crippen LogP contribution in [0.2, 0.25) is 0 Å². The fraction of sp³-hybridized carbons (Fsp3) is 0.562. The number of ether oxygens (including phenoxy) is 1. The van der Waals surface area contributed by atoms with Crippen molar-refractivity contribution in [3.8, 4) is 0 Å². The summed E-state index contributed by atoms with van der Waals surface area (Å²) in [6, 6.07) is 6.51. The number of methoxy groups -OCH3 is 1. The molecular formula is C16H24N2O4S. The first-order chi connectivity index (χ1) is 10.8. The number of esters is 1. The molecule has 1 heterocycles. The first kappa shape index (κ1) is 17.9. The largest absolute Gasteiger partial charge is 0.465 e. The standard InChI is InChI=1S/C16H24N2O4S/c1-16(6-8-17-9-7-16)12-18-23(20,21)11-13-4-3-5-14(10-13)15(19)22-2/h3-5,10,17-18H,6-9,11-12H2,1-2H3. The molecule has 0 unspecified atom stereocenters. The number of benzene rings is 1. The number of piperidine rings is 1. The first-order valence-electron chi connectivity index (χ1n) is 7.69. The van der Waals surface area contributed by atoms with E-state index in [2.05, 4.69) is 21.7 Å². The van der Waals surface area contributed by atoms with Crippen LogP contribution in [-0.2, 0) is 20.5 Å². The van der Waals surface area contributed by atoms with Crippen molar-refractivity contribution >= 4 is 16.0 Å². The highest BCUT2D eigenvalue weighted by Gasteiger charge is 2.28. The molecule has 0 radical (unpaired) electrons. The molecule has 7 heteroatoms. The number of carbonyl (C=O) groups excluding carboxylic acids is 1. The lowest BCUT2D eigenvalue weighted by Crippen LogP contribution is -2.43. The fourth-order valence-electron chi connectivity index (χ4n) is 2.67. The van der Waals surface area contributed by atoms with Crippen LogP contribution in [0.3, 0.4) is 0 Å². The summed E-state index contributed by atoms with van der Waals surface area (Å²) in [6.45, 7) is 4.38. The molecule has 23 heavy (non-hydrogen) atoms. The number of carbonyl (C=O) groups is 1. The van der Waals surface area contributed by atoms with E-state index in [0.717, 1.165) is 25.9 Å². The Bertz CT molecular complexity index is 652. The van der Waals surface area contributed by atoms with Gasteiger partial charge >= 0.3 is 5.97 Å². The second kappa shape index (κ2) is 7.42. The van der Waals surface area contributed by atoms with Gasteiger partial charge in [0, 0.05) is 6.54 Å². The molecule has 1 aliphatic heterocycles. The molecule has 1 fully saturated rings. The maximum atomic E-state index is 12.3. The minimum Gasteiger partial charge on any atom is -0.465 e. The maximum absolute atomic E-state index is 12.3. The molecule has 2 N–H and O–H groups in total. The molecule has 0 bridgehead atoms. The minimum absolute atomic E-state index is 0.00775. The SMILES string of the molecule is COC(=O)c1cccc(CS(=O)(=O)NCC2(C)CCNCC2)c1. The van der Waals surface area contributed by atoms with Crippen LogP contribution < -0.4 is 10.0 Å². The average molecular weight is 340 g/mol. The van der Waals surface area contributed by atoms with Crippen molar-refractivity contribution in [1.82, 2.24) is 10.0 Å². The van der Waals surface area contributed by atoms with Crippen LogP contribution in [0.1, 0.15) is 35.7 Å². The summed E-state index contributed by atoms with van der Waals surface area (Å²) >= 11 is 0. The summed E-state index contributed by atoms with van der Waals surface area (Å²) in [5.41, 5.74) is 0.910. The first-order valence-corrected chi connectivity index (χ1v) is 9.34. The molecule has 1 saturated heterocycles. The number of hydrogen-bond donors (Lipinski definition) is 2. The molecule has 1 aromatic carbocycles. The smallest absolute Gasteiger partial charge is 0.337 e. The quantitative estimate of drug-likeness (QED) is 0.762. The zero-order chi connectivity index (χ0) is 16.9. The number of rotatable bonds is 6. The predicted molar refractivity (Wildman–Crippen MR) is 88.6 cm³/mol. The van der Waals surface area contributed by atoms with Crippen LogP contribution in [0.25, 0.3) is 0 Å². The highest BCUT2D eigenvalue weighted by molar-refractivity contribution is 7.88. The summed E-state index contributed by atoms with van der Waals surface area (Å²) in [7, 11) is -2.15. The molecule has 6 nitrogen and oxygen atoms in total. The Kier molecular flexibility index (Phi) is 5.78. The molecule has 1 aromatic rings. The van der Waals surface area contributed by atoms with Crippen molar-refractivity contribution in [3.63, 3.8) is 0 Å². The Morgan fingerprint density at radius 1 is 1.35 bits per heavy atom. The number of sulfonamides is 1.